The summed E-state index contributed by atoms with van der Waals surface area (Å²) in [6.07, 6.45) is 7.52. The summed E-state index contributed by atoms with van der Waals surface area (Å²) < 4.78 is 10.6. The molecular formula is C5H4OPS+. The van der Waals surface area contributed by atoms with Gasteiger partial charge in [0.25, 0.3) is 0 Å². The van der Waals surface area contributed by atoms with Crippen LogP contribution in [0.2, 0.25) is 0 Å². The predicted octanol–water partition coefficient (Wildman–Crippen LogP) is 1.99. The molecule has 0 amide bonds. The highest BCUT2D eigenvalue weighted by Gasteiger charge is 2.25. The summed E-state index contributed by atoms with van der Waals surface area (Å²) in [6, 6.07) is 0. The molecule has 0 aromatic rings. The first kappa shape index (κ1) is 5.88. The molecule has 0 bridgehead atoms. The van der Waals surface area contributed by atoms with Crippen LogP contribution in [0.4, 0.5) is 0 Å². The molecule has 40 valence electrons. The standard InChI is InChI=1S/C5H4OPS/c1-2-5-3-4-7(6)8-5/h1,3H,4H2/q+1. The van der Waals surface area contributed by atoms with Crippen LogP contribution >= 0.6 is 18.4 Å². The van der Waals surface area contributed by atoms with E-state index in [1.165, 1.54) is 11.4 Å². The van der Waals surface area contributed by atoms with Gasteiger partial charge in [0.2, 0.25) is 0 Å². The van der Waals surface area contributed by atoms with Crippen molar-refractivity contribution >= 4 is 18.4 Å². The molecule has 8 heavy (non-hydrogen) atoms. The summed E-state index contributed by atoms with van der Waals surface area (Å²) in [5, 5.41) is 0. The fourth-order valence-corrected chi connectivity index (χ4v) is 2.87. The molecule has 1 atom stereocenters. The Morgan fingerprint density at radius 3 is 3.00 bits per heavy atom. The maximum atomic E-state index is 10.6. The van der Waals surface area contributed by atoms with E-state index < -0.39 is 7.00 Å². The van der Waals surface area contributed by atoms with Gasteiger partial charge in [-0.3, -0.25) is 0 Å². The van der Waals surface area contributed by atoms with E-state index in [4.69, 9.17) is 6.42 Å². The first-order chi connectivity index (χ1) is 3.83. The van der Waals surface area contributed by atoms with Gasteiger partial charge in [-0.05, 0) is 6.08 Å². The third-order valence-electron chi connectivity index (χ3n) is 0.768. The summed E-state index contributed by atoms with van der Waals surface area (Å²) in [7, 11) is -1.08. The van der Waals surface area contributed by atoms with E-state index in [0.29, 0.717) is 6.16 Å². The van der Waals surface area contributed by atoms with Crippen molar-refractivity contribution < 1.29 is 4.57 Å². The van der Waals surface area contributed by atoms with E-state index in [9.17, 15) is 4.57 Å². The number of hydrogen-bond donors (Lipinski definition) is 0. The van der Waals surface area contributed by atoms with Gasteiger partial charge in [-0.15, -0.1) is 6.42 Å². The van der Waals surface area contributed by atoms with Gasteiger partial charge in [0.05, 0.1) is 0 Å². The van der Waals surface area contributed by atoms with Crippen molar-refractivity contribution in [2.75, 3.05) is 6.16 Å². The molecule has 1 unspecified atom stereocenters. The summed E-state index contributed by atoms with van der Waals surface area (Å²) in [5.74, 6) is 2.43. The van der Waals surface area contributed by atoms with Crippen LogP contribution in [0.15, 0.2) is 11.0 Å². The molecule has 1 aliphatic heterocycles. The average Bonchev–Trinajstić information content (AvgIpc) is 2.14. The third kappa shape index (κ3) is 1.12. The Morgan fingerprint density at radius 2 is 2.75 bits per heavy atom. The lowest BCUT2D eigenvalue weighted by atomic mass is 10.5. The molecule has 1 nitrogen and oxygen atoms in total. The molecule has 3 heteroatoms. The maximum Gasteiger partial charge on any atom is 0.420 e. The lowest BCUT2D eigenvalue weighted by Crippen LogP contribution is -1.56. The van der Waals surface area contributed by atoms with Crippen molar-refractivity contribution in [3.8, 4) is 12.3 Å². The van der Waals surface area contributed by atoms with Crippen LogP contribution in [0.25, 0.3) is 0 Å². The molecule has 1 aliphatic rings. The topological polar surface area (TPSA) is 17.1 Å². The van der Waals surface area contributed by atoms with E-state index in [2.05, 4.69) is 5.92 Å². The zero-order chi connectivity index (χ0) is 5.98. The normalized spacial score (nSPS) is 22.4. The van der Waals surface area contributed by atoms with Crippen LogP contribution in [0, 0.1) is 12.3 Å². The van der Waals surface area contributed by atoms with E-state index in [0.717, 1.165) is 4.91 Å². The van der Waals surface area contributed by atoms with Crippen molar-refractivity contribution in [3.63, 3.8) is 0 Å². The van der Waals surface area contributed by atoms with Gasteiger partial charge in [0.15, 0.2) is 17.5 Å². The van der Waals surface area contributed by atoms with E-state index in [-0.39, 0.29) is 0 Å². The van der Waals surface area contributed by atoms with Gasteiger partial charge in [0, 0.05) is 0 Å². The first-order valence-electron chi connectivity index (χ1n) is 2.12. The maximum absolute atomic E-state index is 10.6. The van der Waals surface area contributed by atoms with E-state index in [1.54, 1.807) is 0 Å². The SMILES string of the molecule is C#CC1=CC[P+](=O)S1. The predicted molar refractivity (Wildman–Crippen MR) is 37.0 cm³/mol. The zero-order valence-electron chi connectivity index (χ0n) is 4.13. The van der Waals surface area contributed by atoms with Crippen LogP contribution < -0.4 is 0 Å². The third-order valence-corrected chi connectivity index (χ3v) is 3.58. The molecular weight excluding hydrogens is 139 g/mol. The van der Waals surface area contributed by atoms with Crippen molar-refractivity contribution in [2.45, 2.75) is 0 Å². The summed E-state index contributed by atoms with van der Waals surface area (Å²) in [4.78, 5) is 0.825. The molecule has 0 aliphatic carbocycles. The highest BCUT2D eigenvalue weighted by Crippen LogP contribution is 2.48. The second kappa shape index (κ2) is 2.35. The molecule has 0 N–H and O–H groups in total. The number of rotatable bonds is 0. The second-order valence-corrected chi connectivity index (χ2v) is 4.74. The molecule has 0 aromatic carbocycles. The van der Waals surface area contributed by atoms with Crippen molar-refractivity contribution in [1.29, 1.82) is 0 Å². The van der Waals surface area contributed by atoms with Crippen LogP contribution in [0.5, 0.6) is 0 Å². The highest BCUT2D eigenvalue weighted by atomic mass is 32.7. The monoisotopic (exact) mass is 143 g/mol. The van der Waals surface area contributed by atoms with Crippen molar-refractivity contribution in [2.24, 2.45) is 0 Å². The number of terminal acetylenes is 1. The van der Waals surface area contributed by atoms with Crippen LogP contribution in [0.1, 0.15) is 0 Å². The van der Waals surface area contributed by atoms with Gasteiger partial charge in [0.1, 0.15) is 4.91 Å². The Morgan fingerprint density at radius 1 is 2.00 bits per heavy atom. The van der Waals surface area contributed by atoms with Crippen molar-refractivity contribution in [3.05, 3.63) is 11.0 Å². The number of hydrogen-bond acceptors (Lipinski definition) is 2. The van der Waals surface area contributed by atoms with Crippen LogP contribution in [0.3, 0.4) is 0 Å². The minimum atomic E-state index is -1.08. The van der Waals surface area contributed by atoms with Crippen molar-refractivity contribution in [1.82, 2.24) is 0 Å². The summed E-state index contributed by atoms with van der Waals surface area (Å²) in [6.45, 7) is 0. The fourth-order valence-electron chi connectivity index (χ4n) is 0.427. The molecule has 0 aromatic heterocycles. The van der Waals surface area contributed by atoms with Crippen LogP contribution in [-0.4, -0.2) is 6.16 Å². The minimum absolute atomic E-state index is 0.652. The number of allylic oxidation sites excluding steroid dienone is 2. The molecule has 1 rings (SSSR count). The quantitative estimate of drug-likeness (QED) is 0.381. The highest BCUT2D eigenvalue weighted by molar-refractivity contribution is 8.54. The largest absolute Gasteiger partial charge is 0.420 e. The Hall–Kier alpha value is -0.250. The van der Waals surface area contributed by atoms with Gasteiger partial charge in [-0.25, -0.2) is 0 Å². The Labute approximate surface area is 53.1 Å². The average molecular weight is 143 g/mol. The summed E-state index contributed by atoms with van der Waals surface area (Å²) in [5.41, 5.74) is 0. The zero-order valence-corrected chi connectivity index (χ0v) is 5.84. The molecule has 0 saturated carbocycles. The van der Waals surface area contributed by atoms with E-state index >= 15 is 0 Å². The second-order valence-electron chi connectivity index (χ2n) is 1.32. The Balaban J connectivity index is 2.66. The summed E-state index contributed by atoms with van der Waals surface area (Å²) >= 11 is 1.30. The fraction of sp³-hybridized carbons (Fsp3) is 0.200. The first-order valence-corrected chi connectivity index (χ1v) is 4.99. The molecule has 0 fully saturated rings. The molecule has 0 spiro atoms. The molecule has 1 heterocycles. The Kier molecular flexibility index (Phi) is 1.73. The lowest BCUT2D eigenvalue weighted by Gasteiger charge is -1.68. The van der Waals surface area contributed by atoms with Gasteiger partial charge >= 0.3 is 7.00 Å². The van der Waals surface area contributed by atoms with Gasteiger partial charge in [-0.1, -0.05) is 10.5 Å². The van der Waals surface area contributed by atoms with Gasteiger partial charge < -0.3 is 0 Å². The smallest absolute Gasteiger partial charge is 0.114 e. The molecule has 0 saturated heterocycles. The Bertz CT molecular complexity index is 189. The van der Waals surface area contributed by atoms with E-state index in [1.807, 2.05) is 6.08 Å². The van der Waals surface area contributed by atoms with Gasteiger partial charge in [-0.2, -0.15) is 0 Å². The minimum Gasteiger partial charge on any atom is -0.114 e. The van der Waals surface area contributed by atoms with Crippen LogP contribution in [-0.2, 0) is 4.57 Å². The lowest BCUT2D eigenvalue weighted by molar-refractivity contribution is 0.598. The molecule has 0 radical (unpaired) electrons.